The van der Waals surface area contributed by atoms with Crippen LogP contribution in [0.25, 0.3) is 11.4 Å². The van der Waals surface area contributed by atoms with Crippen molar-refractivity contribution in [3.8, 4) is 11.4 Å². The van der Waals surface area contributed by atoms with Gasteiger partial charge in [-0.3, -0.25) is 0 Å². The standard InChI is InChI=1S/C12H13ClN4/c13-11-6-5-9(16-17-11)10-7-14-12(15-10)8-3-1-2-4-8/h5-8H,1-4H2,(H,14,15). The fourth-order valence-electron chi connectivity index (χ4n) is 2.33. The van der Waals surface area contributed by atoms with E-state index in [2.05, 4.69) is 20.2 Å². The third-order valence-electron chi connectivity index (χ3n) is 3.25. The van der Waals surface area contributed by atoms with Crippen molar-refractivity contribution in [3.05, 3.63) is 29.3 Å². The van der Waals surface area contributed by atoms with E-state index in [9.17, 15) is 0 Å². The Morgan fingerprint density at radius 2 is 2.00 bits per heavy atom. The van der Waals surface area contributed by atoms with Crippen LogP contribution in [0.1, 0.15) is 37.4 Å². The van der Waals surface area contributed by atoms with Crippen molar-refractivity contribution in [2.24, 2.45) is 0 Å². The minimum Gasteiger partial charge on any atom is -0.340 e. The molecule has 88 valence electrons. The van der Waals surface area contributed by atoms with E-state index in [4.69, 9.17) is 11.6 Å². The second-order valence-electron chi connectivity index (χ2n) is 4.40. The number of hydrogen-bond acceptors (Lipinski definition) is 3. The van der Waals surface area contributed by atoms with E-state index in [1.165, 1.54) is 25.7 Å². The highest BCUT2D eigenvalue weighted by Gasteiger charge is 2.20. The second-order valence-corrected chi connectivity index (χ2v) is 4.79. The monoisotopic (exact) mass is 248 g/mol. The lowest BCUT2D eigenvalue weighted by Gasteiger charge is -2.03. The van der Waals surface area contributed by atoms with Crippen LogP contribution in [0.15, 0.2) is 18.3 Å². The van der Waals surface area contributed by atoms with Gasteiger partial charge in [0.1, 0.15) is 11.5 Å². The van der Waals surface area contributed by atoms with E-state index < -0.39 is 0 Å². The number of H-pyrrole nitrogens is 1. The van der Waals surface area contributed by atoms with Crippen LogP contribution in [0.5, 0.6) is 0 Å². The molecule has 2 aromatic rings. The fraction of sp³-hybridized carbons (Fsp3) is 0.417. The zero-order valence-corrected chi connectivity index (χ0v) is 10.1. The third kappa shape index (κ3) is 2.17. The first-order valence-electron chi connectivity index (χ1n) is 5.87. The molecule has 1 saturated carbocycles. The Bertz CT molecular complexity index is 499. The predicted molar refractivity (Wildman–Crippen MR) is 65.8 cm³/mol. The molecule has 0 spiro atoms. The maximum absolute atomic E-state index is 5.71. The van der Waals surface area contributed by atoms with Crippen molar-refractivity contribution < 1.29 is 0 Å². The van der Waals surface area contributed by atoms with E-state index >= 15 is 0 Å². The van der Waals surface area contributed by atoms with Crippen LogP contribution in [-0.4, -0.2) is 20.2 Å². The van der Waals surface area contributed by atoms with Gasteiger partial charge < -0.3 is 4.98 Å². The average molecular weight is 249 g/mol. The van der Waals surface area contributed by atoms with Crippen molar-refractivity contribution in [3.63, 3.8) is 0 Å². The van der Waals surface area contributed by atoms with E-state index in [0.717, 1.165) is 17.2 Å². The van der Waals surface area contributed by atoms with Crippen LogP contribution < -0.4 is 0 Å². The molecule has 0 saturated heterocycles. The SMILES string of the molecule is Clc1ccc(-c2cnc(C3CCCC3)[nH]2)nn1. The molecule has 0 radical (unpaired) electrons. The number of nitrogens with one attached hydrogen (secondary N) is 1. The molecule has 2 aromatic heterocycles. The molecule has 2 heterocycles. The number of nitrogens with zero attached hydrogens (tertiary/aromatic N) is 3. The van der Waals surface area contributed by atoms with Crippen molar-refractivity contribution in [1.82, 2.24) is 20.2 Å². The summed E-state index contributed by atoms with van der Waals surface area (Å²) >= 11 is 5.71. The summed E-state index contributed by atoms with van der Waals surface area (Å²) < 4.78 is 0. The second kappa shape index (κ2) is 4.45. The zero-order chi connectivity index (χ0) is 11.7. The largest absolute Gasteiger partial charge is 0.340 e. The maximum atomic E-state index is 5.71. The molecular formula is C12H13ClN4. The average Bonchev–Trinajstić information content (AvgIpc) is 3.00. The van der Waals surface area contributed by atoms with Gasteiger partial charge in [0.2, 0.25) is 0 Å². The molecule has 1 N–H and O–H groups in total. The Balaban J connectivity index is 1.86. The molecular weight excluding hydrogens is 236 g/mol. The van der Waals surface area contributed by atoms with Gasteiger partial charge in [-0.2, -0.15) is 0 Å². The Morgan fingerprint density at radius 1 is 1.18 bits per heavy atom. The van der Waals surface area contributed by atoms with Gasteiger partial charge in [0.25, 0.3) is 0 Å². The van der Waals surface area contributed by atoms with Gasteiger partial charge in [0.15, 0.2) is 5.15 Å². The van der Waals surface area contributed by atoms with E-state index in [1.807, 2.05) is 12.3 Å². The highest BCUT2D eigenvalue weighted by molar-refractivity contribution is 6.29. The summed E-state index contributed by atoms with van der Waals surface area (Å²) in [7, 11) is 0. The highest BCUT2D eigenvalue weighted by atomic mass is 35.5. The van der Waals surface area contributed by atoms with E-state index in [-0.39, 0.29) is 0 Å². The van der Waals surface area contributed by atoms with Gasteiger partial charge in [0.05, 0.1) is 11.9 Å². The summed E-state index contributed by atoms with van der Waals surface area (Å²) in [5.74, 6) is 1.67. The quantitative estimate of drug-likeness (QED) is 0.888. The smallest absolute Gasteiger partial charge is 0.151 e. The number of aromatic amines is 1. The molecule has 3 rings (SSSR count). The van der Waals surface area contributed by atoms with Crippen LogP contribution in [0.4, 0.5) is 0 Å². The van der Waals surface area contributed by atoms with Crippen molar-refractivity contribution in [1.29, 1.82) is 0 Å². The minimum absolute atomic E-state index is 0.407. The number of aromatic nitrogens is 4. The van der Waals surface area contributed by atoms with Gasteiger partial charge in [-0.05, 0) is 25.0 Å². The summed E-state index contributed by atoms with van der Waals surface area (Å²) in [4.78, 5) is 7.77. The van der Waals surface area contributed by atoms with Gasteiger partial charge in [0, 0.05) is 5.92 Å². The van der Waals surface area contributed by atoms with Gasteiger partial charge in [-0.1, -0.05) is 24.4 Å². The predicted octanol–water partition coefficient (Wildman–Crippen LogP) is 3.18. The summed E-state index contributed by atoms with van der Waals surface area (Å²) in [5.41, 5.74) is 1.70. The molecule has 1 fully saturated rings. The van der Waals surface area contributed by atoms with Crippen LogP contribution >= 0.6 is 11.6 Å². The third-order valence-corrected chi connectivity index (χ3v) is 3.45. The van der Waals surface area contributed by atoms with Crippen LogP contribution in [0.3, 0.4) is 0 Å². The normalized spacial score (nSPS) is 16.5. The van der Waals surface area contributed by atoms with Crippen LogP contribution in [-0.2, 0) is 0 Å². The molecule has 0 bridgehead atoms. The minimum atomic E-state index is 0.407. The molecule has 17 heavy (non-hydrogen) atoms. The van der Waals surface area contributed by atoms with Gasteiger partial charge >= 0.3 is 0 Å². The topological polar surface area (TPSA) is 54.5 Å². The first-order valence-corrected chi connectivity index (χ1v) is 6.25. The Labute approximate surface area is 104 Å². The Kier molecular flexibility index (Phi) is 2.81. The summed E-state index contributed by atoms with van der Waals surface area (Å²) in [6, 6.07) is 3.58. The first kappa shape index (κ1) is 10.7. The van der Waals surface area contributed by atoms with Crippen molar-refractivity contribution >= 4 is 11.6 Å². The fourth-order valence-corrected chi connectivity index (χ4v) is 2.43. The number of hydrogen-bond donors (Lipinski definition) is 1. The molecule has 0 atom stereocenters. The van der Waals surface area contributed by atoms with Crippen LogP contribution in [0.2, 0.25) is 5.15 Å². The molecule has 1 aliphatic carbocycles. The molecule has 5 heteroatoms. The molecule has 0 aromatic carbocycles. The van der Waals surface area contributed by atoms with E-state index in [0.29, 0.717) is 11.1 Å². The van der Waals surface area contributed by atoms with Gasteiger partial charge in [-0.25, -0.2) is 4.98 Å². The van der Waals surface area contributed by atoms with Crippen molar-refractivity contribution in [2.45, 2.75) is 31.6 Å². The Hall–Kier alpha value is -1.42. The number of halogens is 1. The molecule has 0 amide bonds. The number of rotatable bonds is 2. The maximum Gasteiger partial charge on any atom is 0.151 e. The van der Waals surface area contributed by atoms with Crippen LogP contribution in [0, 0.1) is 0 Å². The molecule has 0 aliphatic heterocycles. The zero-order valence-electron chi connectivity index (χ0n) is 9.36. The molecule has 0 unspecified atom stereocenters. The van der Waals surface area contributed by atoms with Crippen molar-refractivity contribution in [2.75, 3.05) is 0 Å². The number of imidazole rings is 1. The summed E-state index contributed by atoms with van der Waals surface area (Å²) in [5, 5.41) is 8.27. The highest BCUT2D eigenvalue weighted by Crippen LogP contribution is 2.33. The summed E-state index contributed by atoms with van der Waals surface area (Å²) in [6.45, 7) is 0. The Morgan fingerprint density at radius 3 is 2.71 bits per heavy atom. The van der Waals surface area contributed by atoms with Gasteiger partial charge in [-0.15, -0.1) is 10.2 Å². The molecule has 4 nitrogen and oxygen atoms in total. The lowest BCUT2D eigenvalue weighted by molar-refractivity contribution is 0.679. The lowest BCUT2D eigenvalue weighted by Crippen LogP contribution is -1.95. The van der Waals surface area contributed by atoms with E-state index in [1.54, 1.807) is 6.07 Å². The molecule has 1 aliphatic rings. The lowest BCUT2D eigenvalue weighted by atomic mass is 10.1. The first-order chi connectivity index (χ1) is 8.33. The summed E-state index contributed by atoms with van der Waals surface area (Å²) in [6.07, 6.45) is 6.91.